The number of likely N-dealkylation sites (tertiary alicyclic amines) is 3. The molecule has 0 aromatic carbocycles. The Morgan fingerprint density at radius 2 is 1.96 bits per heavy atom. The van der Waals surface area contributed by atoms with E-state index in [0.717, 1.165) is 57.7 Å². The molecule has 0 bridgehead atoms. The van der Waals surface area contributed by atoms with Gasteiger partial charge in [0.2, 0.25) is 5.91 Å². The summed E-state index contributed by atoms with van der Waals surface area (Å²) in [5.41, 5.74) is 1.01. The number of nitrogens with zero attached hydrogens (tertiary/aromatic N) is 3. The zero-order valence-corrected chi connectivity index (χ0v) is 16.6. The first-order valence-corrected chi connectivity index (χ1v) is 10.6. The molecular weight excluding hydrogens is 361 g/mol. The van der Waals surface area contributed by atoms with Crippen LogP contribution >= 0.6 is 0 Å². The van der Waals surface area contributed by atoms with Gasteiger partial charge in [0.25, 0.3) is 0 Å². The van der Waals surface area contributed by atoms with Gasteiger partial charge in [-0.25, -0.2) is 9.18 Å². The summed E-state index contributed by atoms with van der Waals surface area (Å²) >= 11 is 0. The molecule has 7 heteroatoms. The van der Waals surface area contributed by atoms with Crippen LogP contribution in [0.15, 0.2) is 23.7 Å². The molecule has 3 aliphatic heterocycles. The topological polar surface area (TPSA) is 53.1 Å². The van der Waals surface area contributed by atoms with Crippen molar-refractivity contribution in [3.63, 3.8) is 0 Å². The largest absolute Gasteiger partial charge is 0.450 e. The first kappa shape index (κ1) is 19.4. The fourth-order valence-corrected chi connectivity index (χ4v) is 5.11. The van der Waals surface area contributed by atoms with Crippen molar-refractivity contribution in [1.29, 1.82) is 0 Å². The number of hydrogen-bond donors (Lipinski definition) is 0. The summed E-state index contributed by atoms with van der Waals surface area (Å²) in [4.78, 5) is 30.6. The van der Waals surface area contributed by atoms with Gasteiger partial charge in [-0.1, -0.05) is 0 Å². The van der Waals surface area contributed by atoms with Crippen molar-refractivity contribution in [3.05, 3.63) is 23.7 Å². The number of fused-ring (bicyclic) bond motifs is 1. The second-order valence-corrected chi connectivity index (χ2v) is 8.41. The predicted octanol–water partition coefficient (Wildman–Crippen LogP) is 2.92. The molecule has 3 heterocycles. The molecule has 3 saturated heterocycles. The average molecular weight is 391 g/mol. The van der Waals surface area contributed by atoms with Crippen LogP contribution in [-0.4, -0.2) is 72.1 Å². The number of hydrogen-bond acceptors (Lipinski definition) is 4. The smallest absolute Gasteiger partial charge is 0.409 e. The normalized spacial score (nSPS) is 29.0. The summed E-state index contributed by atoms with van der Waals surface area (Å²) in [7, 11) is 0. The minimum Gasteiger partial charge on any atom is -0.450 e. The van der Waals surface area contributed by atoms with Crippen molar-refractivity contribution in [2.45, 2.75) is 45.1 Å². The van der Waals surface area contributed by atoms with E-state index in [-0.39, 0.29) is 29.8 Å². The maximum Gasteiger partial charge on any atom is 0.409 e. The lowest BCUT2D eigenvalue weighted by Crippen LogP contribution is -2.42. The Labute approximate surface area is 166 Å². The second kappa shape index (κ2) is 8.23. The van der Waals surface area contributed by atoms with Gasteiger partial charge in [-0.15, -0.1) is 0 Å². The van der Waals surface area contributed by atoms with Crippen LogP contribution in [0.1, 0.15) is 39.0 Å². The molecule has 0 aromatic heterocycles. The Kier molecular flexibility index (Phi) is 5.71. The first-order valence-electron chi connectivity index (χ1n) is 10.6. The molecular formula is C21H30FN3O3. The van der Waals surface area contributed by atoms with Gasteiger partial charge >= 0.3 is 6.09 Å². The SMILES string of the molecule is CCOC(=O)N1CCC(CN2CC[C@H](N3C(=O)CC4CC(F)=CC=C43)C2)CC1. The Morgan fingerprint density at radius 3 is 2.71 bits per heavy atom. The third kappa shape index (κ3) is 3.95. The standard InChI is InChI=1S/C21H30FN3O3/c1-2-28-21(27)24-9-5-15(6-10-24)13-23-8-7-18(14-23)25-19-4-3-17(22)11-16(19)12-20(25)26/h3-4,15-16,18H,2,5-14H2,1H3/t16?,18-/m0/s1. The summed E-state index contributed by atoms with van der Waals surface area (Å²) in [5, 5.41) is 0. The van der Waals surface area contributed by atoms with Gasteiger partial charge in [0.15, 0.2) is 0 Å². The molecule has 0 aromatic rings. The quantitative estimate of drug-likeness (QED) is 0.739. The number of halogens is 1. The summed E-state index contributed by atoms with van der Waals surface area (Å²) in [6.07, 6.45) is 6.91. The lowest BCUT2D eigenvalue weighted by atomic mass is 9.96. The zero-order valence-electron chi connectivity index (χ0n) is 16.6. The minimum atomic E-state index is -0.199. The highest BCUT2D eigenvalue weighted by Gasteiger charge is 2.42. The molecule has 0 saturated carbocycles. The van der Waals surface area contributed by atoms with E-state index in [1.807, 2.05) is 17.9 Å². The van der Waals surface area contributed by atoms with Crippen LogP contribution in [0.3, 0.4) is 0 Å². The summed E-state index contributed by atoms with van der Waals surface area (Å²) in [6, 6.07) is 0.206. The van der Waals surface area contributed by atoms with Crippen molar-refractivity contribution < 1.29 is 18.7 Å². The lowest BCUT2D eigenvalue weighted by molar-refractivity contribution is -0.128. The molecule has 0 N–H and O–H groups in total. The monoisotopic (exact) mass is 391 g/mol. The van der Waals surface area contributed by atoms with Crippen LogP contribution in [0.5, 0.6) is 0 Å². The Balaban J connectivity index is 1.28. The third-order valence-corrected chi connectivity index (χ3v) is 6.53. The van der Waals surface area contributed by atoms with Gasteiger partial charge in [-0.2, -0.15) is 0 Å². The van der Waals surface area contributed by atoms with E-state index in [9.17, 15) is 14.0 Å². The van der Waals surface area contributed by atoms with E-state index in [1.54, 1.807) is 4.90 Å². The summed E-state index contributed by atoms with van der Waals surface area (Å²) in [6.45, 7) is 6.68. The number of amides is 2. The van der Waals surface area contributed by atoms with Gasteiger partial charge in [0, 0.05) is 57.2 Å². The molecule has 1 aliphatic carbocycles. The van der Waals surface area contributed by atoms with Crippen LogP contribution < -0.4 is 0 Å². The maximum absolute atomic E-state index is 13.5. The van der Waals surface area contributed by atoms with E-state index in [2.05, 4.69) is 4.90 Å². The number of ether oxygens (including phenoxy) is 1. The Morgan fingerprint density at radius 1 is 1.18 bits per heavy atom. The second-order valence-electron chi connectivity index (χ2n) is 8.41. The van der Waals surface area contributed by atoms with Crippen LogP contribution in [0.4, 0.5) is 9.18 Å². The number of carbonyl (C=O) groups excluding carboxylic acids is 2. The maximum atomic E-state index is 13.5. The van der Waals surface area contributed by atoms with E-state index < -0.39 is 0 Å². The van der Waals surface area contributed by atoms with Crippen molar-refractivity contribution >= 4 is 12.0 Å². The molecule has 4 aliphatic rings. The fraction of sp³-hybridized carbons (Fsp3) is 0.714. The van der Waals surface area contributed by atoms with Gasteiger partial charge in [-0.3, -0.25) is 4.79 Å². The number of allylic oxidation sites excluding steroid dienone is 4. The first-order chi connectivity index (χ1) is 13.5. The lowest BCUT2D eigenvalue weighted by Gasteiger charge is -2.33. The summed E-state index contributed by atoms with van der Waals surface area (Å²) in [5.74, 6) is 0.635. The number of carbonyl (C=O) groups is 2. The van der Waals surface area contributed by atoms with Gasteiger partial charge < -0.3 is 19.4 Å². The highest BCUT2D eigenvalue weighted by molar-refractivity contribution is 5.83. The molecule has 154 valence electrons. The average Bonchev–Trinajstić information content (AvgIpc) is 3.25. The molecule has 3 fully saturated rings. The molecule has 4 rings (SSSR count). The van der Waals surface area contributed by atoms with Crippen molar-refractivity contribution in [2.24, 2.45) is 11.8 Å². The molecule has 2 atom stereocenters. The van der Waals surface area contributed by atoms with E-state index in [0.29, 0.717) is 25.4 Å². The van der Waals surface area contributed by atoms with Crippen LogP contribution in [0.2, 0.25) is 0 Å². The highest BCUT2D eigenvalue weighted by atomic mass is 19.1. The molecule has 0 spiro atoms. The fourth-order valence-electron chi connectivity index (χ4n) is 5.11. The predicted molar refractivity (Wildman–Crippen MR) is 103 cm³/mol. The number of piperidine rings is 1. The Bertz CT molecular complexity index is 684. The highest BCUT2D eigenvalue weighted by Crippen LogP contribution is 2.40. The van der Waals surface area contributed by atoms with E-state index in [1.165, 1.54) is 6.08 Å². The molecule has 28 heavy (non-hydrogen) atoms. The van der Waals surface area contributed by atoms with Gasteiger partial charge in [-0.05, 0) is 44.3 Å². The zero-order chi connectivity index (χ0) is 19.7. The Hall–Kier alpha value is -1.89. The van der Waals surface area contributed by atoms with Crippen molar-refractivity contribution in [3.8, 4) is 0 Å². The summed E-state index contributed by atoms with van der Waals surface area (Å²) < 4.78 is 18.6. The van der Waals surface area contributed by atoms with Gasteiger partial charge in [0.05, 0.1) is 12.6 Å². The minimum absolute atomic E-state index is 0.0266. The van der Waals surface area contributed by atoms with Crippen LogP contribution in [-0.2, 0) is 9.53 Å². The third-order valence-electron chi connectivity index (χ3n) is 6.53. The van der Waals surface area contributed by atoms with E-state index in [4.69, 9.17) is 4.74 Å². The number of rotatable bonds is 4. The molecule has 1 unspecified atom stereocenters. The molecule has 0 radical (unpaired) electrons. The van der Waals surface area contributed by atoms with Crippen molar-refractivity contribution in [2.75, 3.05) is 39.3 Å². The van der Waals surface area contributed by atoms with Crippen LogP contribution in [0.25, 0.3) is 0 Å². The van der Waals surface area contributed by atoms with E-state index >= 15 is 0 Å². The van der Waals surface area contributed by atoms with Crippen LogP contribution in [0, 0.1) is 11.8 Å². The molecule has 6 nitrogen and oxygen atoms in total. The van der Waals surface area contributed by atoms with Gasteiger partial charge in [0.1, 0.15) is 5.83 Å². The molecule has 2 amide bonds. The van der Waals surface area contributed by atoms with Crippen molar-refractivity contribution in [1.82, 2.24) is 14.7 Å².